The van der Waals surface area contributed by atoms with Gasteiger partial charge in [-0.25, -0.2) is 4.79 Å². The molecule has 0 aliphatic carbocycles. The molecule has 176 valence electrons. The van der Waals surface area contributed by atoms with E-state index < -0.39 is 65.8 Å². The van der Waals surface area contributed by atoms with Crippen LogP contribution in [0.25, 0.3) is 0 Å². The summed E-state index contributed by atoms with van der Waals surface area (Å²) in [6.07, 6.45) is -10.7. The first-order valence-corrected chi connectivity index (χ1v) is 9.75. The number of benzene rings is 2. The van der Waals surface area contributed by atoms with E-state index in [-0.39, 0.29) is 23.5 Å². The van der Waals surface area contributed by atoms with Crippen LogP contribution in [0.4, 0.5) is 0 Å². The molecule has 2 aliphatic rings. The first-order valence-electron chi connectivity index (χ1n) is 9.75. The third kappa shape index (κ3) is 4.00. The molecule has 12 heteroatoms. The largest absolute Gasteiger partial charge is 0.508 e. The number of aliphatic hydroxyl groups excluding tert-OH is 3. The topological polar surface area (TPSA) is 203 Å². The second-order valence-electron chi connectivity index (χ2n) is 7.62. The number of hydrogen-bond donors (Lipinski definition) is 7. The quantitative estimate of drug-likeness (QED) is 0.314. The Hall–Kier alpha value is -3.58. The number of phenols is 3. The molecule has 2 heterocycles. The van der Waals surface area contributed by atoms with Crippen molar-refractivity contribution in [2.75, 3.05) is 0 Å². The number of aromatic hydroxyl groups is 3. The van der Waals surface area contributed by atoms with E-state index in [0.29, 0.717) is 5.56 Å². The number of fused-ring (bicyclic) bond motifs is 1. The van der Waals surface area contributed by atoms with Crippen LogP contribution in [0.2, 0.25) is 0 Å². The van der Waals surface area contributed by atoms with Crippen LogP contribution in [0.1, 0.15) is 28.4 Å². The van der Waals surface area contributed by atoms with Gasteiger partial charge in [-0.2, -0.15) is 0 Å². The van der Waals surface area contributed by atoms with Gasteiger partial charge in [0.1, 0.15) is 41.5 Å². The lowest BCUT2D eigenvalue weighted by Crippen LogP contribution is -2.61. The lowest BCUT2D eigenvalue weighted by Gasteiger charge is -2.38. The number of hydrogen-bond acceptors (Lipinski definition) is 11. The van der Waals surface area contributed by atoms with Crippen molar-refractivity contribution in [1.82, 2.24) is 0 Å². The highest BCUT2D eigenvalue weighted by atomic mass is 16.7. The standard InChI is InChI=1S/C21H20O12/c22-8-3-1-7(2-4-8)11-5-9(23)13-12(31-11)6-10(24)18(14(13)25)32-21-17(28)15(26)16(27)19(33-21)20(29)30/h1-4,6,11,15-17,19,21-22,24-28H,5H2,(H,29,30)/t11-,15-,16-,17+,19-,21+/m0/s1. The average Bonchev–Trinajstić information content (AvgIpc) is 2.76. The number of carboxylic acids is 1. The minimum absolute atomic E-state index is 0.0215. The molecule has 4 rings (SSSR count). The maximum Gasteiger partial charge on any atom is 0.335 e. The lowest BCUT2D eigenvalue weighted by atomic mass is 9.95. The summed E-state index contributed by atoms with van der Waals surface area (Å²) < 4.78 is 15.9. The first-order chi connectivity index (χ1) is 15.6. The van der Waals surface area contributed by atoms with Gasteiger partial charge in [-0.05, 0) is 17.7 Å². The van der Waals surface area contributed by atoms with Crippen molar-refractivity contribution in [2.24, 2.45) is 0 Å². The molecule has 0 aromatic heterocycles. The highest BCUT2D eigenvalue weighted by molar-refractivity contribution is 6.03. The minimum Gasteiger partial charge on any atom is -0.508 e. The molecule has 0 bridgehead atoms. The number of ketones is 1. The zero-order valence-electron chi connectivity index (χ0n) is 16.7. The van der Waals surface area contributed by atoms with Crippen molar-refractivity contribution in [3.8, 4) is 28.7 Å². The molecule has 0 amide bonds. The maximum absolute atomic E-state index is 12.8. The van der Waals surface area contributed by atoms with Gasteiger partial charge in [-0.15, -0.1) is 0 Å². The molecule has 0 spiro atoms. The van der Waals surface area contributed by atoms with Gasteiger partial charge >= 0.3 is 5.97 Å². The van der Waals surface area contributed by atoms with Crippen LogP contribution in [0.15, 0.2) is 30.3 Å². The van der Waals surface area contributed by atoms with Crippen LogP contribution in [0, 0.1) is 0 Å². The Morgan fingerprint density at radius 1 is 1.00 bits per heavy atom. The molecule has 2 aromatic carbocycles. The number of ether oxygens (including phenoxy) is 3. The zero-order valence-corrected chi connectivity index (χ0v) is 16.7. The number of phenolic OH excluding ortho intramolecular Hbond substituents is 3. The molecule has 12 nitrogen and oxygen atoms in total. The molecular formula is C21H20O12. The van der Waals surface area contributed by atoms with Crippen LogP contribution in [-0.4, -0.2) is 78.2 Å². The molecule has 7 N–H and O–H groups in total. The van der Waals surface area contributed by atoms with Crippen LogP contribution in [0.5, 0.6) is 28.7 Å². The number of carbonyl (C=O) groups excluding carboxylic acids is 1. The van der Waals surface area contributed by atoms with Gasteiger partial charge in [0.25, 0.3) is 0 Å². The third-order valence-corrected chi connectivity index (χ3v) is 5.43. The second-order valence-corrected chi connectivity index (χ2v) is 7.62. The molecule has 33 heavy (non-hydrogen) atoms. The van der Waals surface area contributed by atoms with Crippen molar-refractivity contribution in [2.45, 2.75) is 43.2 Å². The zero-order chi connectivity index (χ0) is 24.0. The SMILES string of the molecule is O=C1C[C@@H](c2ccc(O)cc2)Oc2cc(O)c(O[C@@H]3O[C@H](C(=O)O)[C@@H](O)[C@H](O)[C@H]3O)c(O)c21. The van der Waals surface area contributed by atoms with Crippen molar-refractivity contribution >= 4 is 11.8 Å². The van der Waals surface area contributed by atoms with E-state index in [0.717, 1.165) is 6.07 Å². The Morgan fingerprint density at radius 2 is 1.67 bits per heavy atom. The third-order valence-electron chi connectivity index (χ3n) is 5.43. The van der Waals surface area contributed by atoms with E-state index >= 15 is 0 Å². The van der Waals surface area contributed by atoms with Crippen LogP contribution in [0.3, 0.4) is 0 Å². The van der Waals surface area contributed by atoms with Gasteiger partial charge in [0.2, 0.25) is 12.0 Å². The average molecular weight is 464 g/mol. The number of carboxylic acid groups (broad SMARTS) is 1. The smallest absolute Gasteiger partial charge is 0.335 e. The van der Waals surface area contributed by atoms with E-state index in [1.54, 1.807) is 12.1 Å². The van der Waals surface area contributed by atoms with Gasteiger partial charge in [-0.3, -0.25) is 4.79 Å². The summed E-state index contributed by atoms with van der Waals surface area (Å²) in [6, 6.07) is 6.92. The molecule has 1 fully saturated rings. The Bertz CT molecular complexity index is 1080. The number of Topliss-reactive ketones (excluding diaryl/α,β-unsaturated/α-hetero) is 1. The fraction of sp³-hybridized carbons (Fsp3) is 0.333. The molecule has 0 unspecified atom stereocenters. The monoisotopic (exact) mass is 464 g/mol. The minimum atomic E-state index is -1.97. The summed E-state index contributed by atoms with van der Waals surface area (Å²) in [5.41, 5.74) is 0.246. The van der Waals surface area contributed by atoms with E-state index in [4.69, 9.17) is 19.3 Å². The van der Waals surface area contributed by atoms with E-state index in [1.165, 1.54) is 12.1 Å². The molecular weight excluding hydrogens is 444 g/mol. The van der Waals surface area contributed by atoms with Gasteiger partial charge in [-0.1, -0.05) is 12.1 Å². The predicted octanol–water partition coefficient (Wildman–Crippen LogP) is -0.219. The highest BCUT2D eigenvalue weighted by Crippen LogP contribution is 2.49. The first kappa shape index (κ1) is 22.6. The number of carbonyl (C=O) groups is 2. The van der Waals surface area contributed by atoms with Gasteiger partial charge < -0.3 is 50.0 Å². The fourth-order valence-corrected chi connectivity index (χ4v) is 3.70. The number of aliphatic hydroxyl groups is 3. The van der Waals surface area contributed by atoms with Crippen molar-refractivity contribution < 1.29 is 59.5 Å². The van der Waals surface area contributed by atoms with Gasteiger partial charge in [0, 0.05) is 6.07 Å². The summed E-state index contributed by atoms with van der Waals surface area (Å²) in [5, 5.41) is 69.3. The summed E-state index contributed by atoms with van der Waals surface area (Å²) in [6.45, 7) is 0. The Morgan fingerprint density at radius 3 is 2.30 bits per heavy atom. The van der Waals surface area contributed by atoms with E-state index in [1.807, 2.05) is 0 Å². The second kappa shape index (κ2) is 8.41. The Kier molecular flexibility index (Phi) is 5.76. The highest BCUT2D eigenvalue weighted by Gasteiger charge is 2.48. The summed E-state index contributed by atoms with van der Waals surface area (Å²) in [7, 11) is 0. The van der Waals surface area contributed by atoms with E-state index in [2.05, 4.69) is 0 Å². The number of rotatable bonds is 4. The normalized spacial score (nSPS) is 29.1. The van der Waals surface area contributed by atoms with Crippen molar-refractivity contribution in [1.29, 1.82) is 0 Å². The summed E-state index contributed by atoms with van der Waals surface area (Å²) in [4.78, 5) is 24.0. The fourth-order valence-electron chi connectivity index (χ4n) is 3.70. The van der Waals surface area contributed by atoms with Crippen LogP contribution < -0.4 is 9.47 Å². The van der Waals surface area contributed by atoms with Gasteiger partial charge in [0.15, 0.2) is 23.4 Å². The Labute approximate surface area is 185 Å². The van der Waals surface area contributed by atoms with Crippen molar-refractivity contribution in [3.05, 3.63) is 41.5 Å². The number of aliphatic carboxylic acids is 1. The van der Waals surface area contributed by atoms with Crippen molar-refractivity contribution in [3.63, 3.8) is 0 Å². The van der Waals surface area contributed by atoms with Gasteiger partial charge in [0.05, 0.1) is 6.42 Å². The summed E-state index contributed by atoms with van der Waals surface area (Å²) in [5.74, 6) is -4.64. The lowest BCUT2D eigenvalue weighted by molar-refractivity contribution is -0.271. The van der Waals surface area contributed by atoms with E-state index in [9.17, 15) is 40.2 Å². The molecule has 2 aromatic rings. The summed E-state index contributed by atoms with van der Waals surface area (Å²) >= 11 is 0. The maximum atomic E-state index is 12.8. The molecule has 2 aliphatic heterocycles. The molecule has 1 saturated heterocycles. The molecule has 6 atom stereocenters. The molecule has 0 radical (unpaired) electrons. The van der Waals surface area contributed by atoms with Crippen LogP contribution in [-0.2, 0) is 9.53 Å². The Balaban J connectivity index is 1.63. The predicted molar refractivity (Wildman–Crippen MR) is 105 cm³/mol. The van der Waals surface area contributed by atoms with Crippen LogP contribution >= 0.6 is 0 Å². The molecule has 0 saturated carbocycles.